The third kappa shape index (κ3) is 4.23. The van der Waals surface area contributed by atoms with Crippen molar-refractivity contribution < 1.29 is 9.59 Å². The summed E-state index contributed by atoms with van der Waals surface area (Å²) in [5.74, 6) is 0.926. The van der Waals surface area contributed by atoms with Gasteiger partial charge in [-0.15, -0.1) is 0 Å². The monoisotopic (exact) mass is 301 g/mol. The zero-order chi connectivity index (χ0) is 15.4. The topological polar surface area (TPSA) is 61.4 Å². The molecular formula is C17H23N3O2. The van der Waals surface area contributed by atoms with E-state index in [1.165, 1.54) is 12.8 Å². The largest absolute Gasteiger partial charge is 0.338 e. The Morgan fingerprint density at radius 3 is 2.77 bits per heavy atom. The summed E-state index contributed by atoms with van der Waals surface area (Å²) in [6, 6.07) is 7.97. The number of nitrogens with one attached hydrogen (secondary N) is 2. The number of carbonyl (C=O) groups is 2. The highest BCUT2D eigenvalue weighted by Crippen LogP contribution is 2.27. The third-order valence-corrected chi connectivity index (χ3v) is 4.24. The average Bonchev–Trinajstić information content (AvgIpc) is 3.27. The van der Waals surface area contributed by atoms with E-state index in [1.807, 2.05) is 23.1 Å². The summed E-state index contributed by atoms with van der Waals surface area (Å²) >= 11 is 0. The van der Waals surface area contributed by atoms with E-state index in [2.05, 4.69) is 16.7 Å². The van der Waals surface area contributed by atoms with Crippen LogP contribution in [-0.2, 0) is 17.9 Å². The maximum atomic E-state index is 11.7. The molecule has 1 aliphatic carbocycles. The summed E-state index contributed by atoms with van der Waals surface area (Å²) in [6.45, 7) is 2.81. The fourth-order valence-corrected chi connectivity index (χ4v) is 2.73. The standard InChI is InChI=1S/C17H23N3O2/c21-16-5-2-8-20(16)12-15-4-1-3-14(9-15)11-19-17(22)18-10-13-6-7-13/h1,3-4,9,13H,2,5-8,10-12H2,(H2,18,19,22). The van der Waals surface area contributed by atoms with Crippen molar-refractivity contribution in [2.75, 3.05) is 13.1 Å². The summed E-state index contributed by atoms with van der Waals surface area (Å²) in [6.07, 6.45) is 4.10. The molecule has 2 aliphatic rings. The molecule has 22 heavy (non-hydrogen) atoms. The second-order valence-corrected chi connectivity index (χ2v) is 6.25. The van der Waals surface area contributed by atoms with Crippen molar-refractivity contribution in [3.63, 3.8) is 0 Å². The van der Waals surface area contributed by atoms with Gasteiger partial charge in [0.1, 0.15) is 0 Å². The van der Waals surface area contributed by atoms with Crippen LogP contribution in [0, 0.1) is 5.92 Å². The Bertz CT molecular complexity index is 555. The zero-order valence-electron chi connectivity index (χ0n) is 12.8. The van der Waals surface area contributed by atoms with Crippen LogP contribution in [0.25, 0.3) is 0 Å². The number of carbonyl (C=O) groups excluding carboxylic acids is 2. The number of likely N-dealkylation sites (tertiary alicyclic amines) is 1. The maximum Gasteiger partial charge on any atom is 0.315 e. The van der Waals surface area contributed by atoms with Gasteiger partial charge < -0.3 is 15.5 Å². The lowest BCUT2D eigenvalue weighted by atomic mass is 10.1. The molecule has 2 fully saturated rings. The number of rotatable bonds is 6. The second kappa shape index (κ2) is 6.81. The highest BCUT2D eigenvalue weighted by molar-refractivity contribution is 5.78. The lowest BCUT2D eigenvalue weighted by molar-refractivity contribution is -0.128. The van der Waals surface area contributed by atoms with Crippen LogP contribution < -0.4 is 10.6 Å². The Balaban J connectivity index is 1.47. The molecule has 2 N–H and O–H groups in total. The molecule has 5 nitrogen and oxygen atoms in total. The van der Waals surface area contributed by atoms with Gasteiger partial charge in [-0.2, -0.15) is 0 Å². The lowest BCUT2D eigenvalue weighted by Crippen LogP contribution is -2.36. The normalized spacial score (nSPS) is 17.6. The third-order valence-electron chi connectivity index (χ3n) is 4.24. The van der Waals surface area contributed by atoms with Crippen molar-refractivity contribution in [1.82, 2.24) is 15.5 Å². The van der Waals surface area contributed by atoms with E-state index in [-0.39, 0.29) is 11.9 Å². The van der Waals surface area contributed by atoms with Gasteiger partial charge in [0.25, 0.3) is 0 Å². The molecule has 5 heteroatoms. The van der Waals surface area contributed by atoms with E-state index in [9.17, 15) is 9.59 Å². The first-order valence-electron chi connectivity index (χ1n) is 8.08. The van der Waals surface area contributed by atoms with Gasteiger partial charge in [-0.1, -0.05) is 24.3 Å². The fraction of sp³-hybridized carbons (Fsp3) is 0.529. The van der Waals surface area contributed by atoms with Crippen LogP contribution >= 0.6 is 0 Å². The molecule has 1 aromatic carbocycles. The van der Waals surface area contributed by atoms with E-state index < -0.39 is 0 Å². The van der Waals surface area contributed by atoms with Crippen molar-refractivity contribution >= 4 is 11.9 Å². The van der Waals surface area contributed by atoms with E-state index in [4.69, 9.17) is 0 Å². The van der Waals surface area contributed by atoms with Crippen molar-refractivity contribution in [3.8, 4) is 0 Å². The summed E-state index contributed by atoms with van der Waals surface area (Å²) in [4.78, 5) is 25.2. The van der Waals surface area contributed by atoms with Crippen molar-refractivity contribution in [1.29, 1.82) is 0 Å². The molecule has 0 radical (unpaired) electrons. The molecule has 0 spiro atoms. The van der Waals surface area contributed by atoms with E-state index in [1.54, 1.807) is 0 Å². The fourth-order valence-electron chi connectivity index (χ4n) is 2.73. The van der Waals surface area contributed by atoms with Crippen LogP contribution in [0.15, 0.2) is 24.3 Å². The Labute approximate surface area is 131 Å². The van der Waals surface area contributed by atoms with Gasteiger partial charge >= 0.3 is 6.03 Å². The van der Waals surface area contributed by atoms with Crippen LogP contribution in [0.2, 0.25) is 0 Å². The van der Waals surface area contributed by atoms with E-state index in [0.717, 1.165) is 30.6 Å². The molecule has 3 rings (SSSR count). The number of hydrogen-bond donors (Lipinski definition) is 2. The maximum absolute atomic E-state index is 11.7. The minimum atomic E-state index is -0.105. The summed E-state index contributed by atoms with van der Waals surface area (Å²) in [5.41, 5.74) is 2.18. The Kier molecular flexibility index (Phi) is 4.61. The van der Waals surface area contributed by atoms with Gasteiger partial charge in [-0.25, -0.2) is 4.79 Å². The van der Waals surface area contributed by atoms with Crippen LogP contribution in [0.1, 0.15) is 36.8 Å². The first-order valence-corrected chi connectivity index (χ1v) is 8.08. The highest BCUT2D eigenvalue weighted by Gasteiger charge is 2.21. The molecule has 1 saturated carbocycles. The number of nitrogens with zero attached hydrogens (tertiary/aromatic N) is 1. The van der Waals surface area contributed by atoms with E-state index >= 15 is 0 Å². The number of hydrogen-bond acceptors (Lipinski definition) is 2. The first kappa shape index (κ1) is 14.9. The molecule has 1 aromatic rings. The molecule has 0 unspecified atom stereocenters. The summed E-state index contributed by atoms with van der Waals surface area (Å²) in [5, 5.41) is 5.77. The van der Waals surface area contributed by atoms with Gasteiger partial charge in [0, 0.05) is 32.6 Å². The molecule has 0 bridgehead atoms. The number of benzene rings is 1. The molecule has 118 valence electrons. The smallest absolute Gasteiger partial charge is 0.315 e. The summed E-state index contributed by atoms with van der Waals surface area (Å²) < 4.78 is 0. The lowest BCUT2D eigenvalue weighted by Gasteiger charge is -2.16. The quantitative estimate of drug-likeness (QED) is 0.844. The molecule has 1 aliphatic heterocycles. The van der Waals surface area contributed by atoms with Crippen molar-refractivity contribution in [3.05, 3.63) is 35.4 Å². The van der Waals surface area contributed by atoms with Crippen molar-refractivity contribution in [2.24, 2.45) is 5.92 Å². The molecule has 1 saturated heterocycles. The minimum absolute atomic E-state index is 0.105. The van der Waals surface area contributed by atoms with Gasteiger partial charge in [0.15, 0.2) is 0 Å². The SMILES string of the molecule is O=C(NCc1cccc(CN2CCCC2=O)c1)NCC1CC1. The molecule has 1 heterocycles. The summed E-state index contributed by atoms with van der Waals surface area (Å²) in [7, 11) is 0. The van der Waals surface area contributed by atoms with Crippen LogP contribution in [-0.4, -0.2) is 29.9 Å². The first-order chi connectivity index (χ1) is 10.7. The van der Waals surface area contributed by atoms with E-state index in [0.29, 0.717) is 25.4 Å². The number of urea groups is 1. The molecule has 3 amide bonds. The molecule has 0 atom stereocenters. The Morgan fingerprint density at radius 1 is 1.23 bits per heavy atom. The van der Waals surface area contributed by atoms with Crippen LogP contribution in [0.4, 0.5) is 4.79 Å². The predicted octanol–water partition coefficient (Wildman–Crippen LogP) is 2.02. The van der Waals surface area contributed by atoms with Crippen LogP contribution in [0.5, 0.6) is 0 Å². The second-order valence-electron chi connectivity index (χ2n) is 6.25. The molecular weight excluding hydrogens is 278 g/mol. The van der Waals surface area contributed by atoms with Gasteiger partial charge in [0.2, 0.25) is 5.91 Å². The zero-order valence-corrected chi connectivity index (χ0v) is 12.8. The molecule has 0 aromatic heterocycles. The Hall–Kier alpha value is -2.04. The average molecular weight is 301 g/mol. The van der Waals surface area contributed by atoms with Crippen molar-refractivity contribution in [2.45, 2.75) is 38.8 Å². The van der Waals surface area contributed by atoms with Gasteiger partial charge in [0.05, 0.1) is 0 Å². The Morgan fingerprint density at radius 2 is 2.05 bits per heavy atom. The predicted molar refractivity (Wildman–Crippen MR) is 84.1 cm³/mol. The van der Waals surface area contributed by atoms with Gasteiger partial charge in [-0.3, -0.25) is 4.79 Å². The van der Waals surface area contributed by atoms with Crippen LogP contribution in [0.3, 0.4) is 0 Å². The highest BCUT2D eigenvalue weighted by atomic mass is 16.2. The van der Waals surface area contributed by atoms with Gasteiger partial charge in [-0.05, 0) is 36.3 Å². The number of amides is 3. The minimum Gasteiger partial charge on any atom is -0.338 e.